The second-order valence-electron chi connectivity index (χ2n) is 4.00. The number of hydrogen-bond donors (Lipinski definition) is 2. The number of carboxylic acid groups (broad SMARTS) is 1. The third kappa shape index (κ3) is 1.30. The molecular formula is C9H13NO3. The Morgan fingerprint density at radius 2 is 1.85 bits per heavy atom. The van der Waals surface area contributed by atoms with E-state index in [9.17, 15) is 4.79 Å². The van der Waals surface area contributed by atoms with Gasteiger partial charge in [0.05, 0.1) is 11.6 Å². The normalized spacial score (nSPS) is 37.5. The zero-order chi connectivity index (χ0) is 9.42. The van der Waals surface area contributed by atoms with Crippen LogP contribution < -0.4 is 0 Å². The molecule has 2 rings (SSSR count). The van der Waals surface area contributed by atoms with Crippen molar-refractivity contribution < 1.29 is 15.1 Å². The Balaban J connectivity index is 2.15. The zero-order valence-corrected chi connectivity index (χ0v) is 7.31. The van der Waals surface area contributed by atoms with E-state index in [0.29, 0.717) is 12.8 Å². The minimum atomic E-state index is -0.700. The fraction of sp³-hybridized carbons (Fsp3) is 0.778. The summed E-state index contributed by atoms with van der Waals surface area (Å²) in [4.78, 5) is 10.8. The highest BCUT2D eigenvalue weighted by Crippen LogP contribution is 2.42. The summed E-state index contributed by atoms with van der Waals surface area (Å²) in [5.41, 5.74) is 0.845. The molecule has 0 aromatic rings. The van der Waals surface area contributed by atoms with Crippen molar-refractivity contribution in [2.45, 2.75) is 25.7 Å². The Morgan fingerprint density at radius 1 is 1.31 bits per heavy atom. The number of carboxylic acids is 1. The van der Waals surface area contributed by atoms with E-state index < -0.39 is 5.97 Å². The lowest BCUT2D eigenvalue weighted by atomic mass is 9.79. The Kier molecular flexibility index (Phi) is 1.98. The largest absolute Gasteiger partial charge is 0.481 e. The molecule has 13 heavy (non-hydrogen) atoms. The molecule has 0 spiro atoms. The molecule has 2 bridgehead atoms. The van der Waals surface area contributed by atoms with Crippen LogP contribution in [-0.4, -0.2) is 22.0 Å². The van der Waals surface area contributed by atoms with Gasteiger partial charge in [-0.15, -0.1) is 0 Å². The highest BCUT2D eigenvalue weighted by molar-refractivity contribution is 5.92. The van der Waals surface area contributed by atoms with Crippen LogP contribution in [0.2, 0.25) is 0 Å². The molecule has 2 aliphatic carbocycles. The molecule has 0 radical (unpaired) electrons. The van der Waals surface area contributed by atoms with Crippen LogP contribution in [-0.2, 0) is 4.79 Å². The van der Waals surface area contributed by atoms with Crippen LogP contribution in [0, 0.1) is 17.8 Å². The summed E-state index contributed by atoms with van der Waals surface area (Å²) in [6.07, 6.45) is 3.30. The van der Waals surface area contributed by atoms with Crippen LogP contribution in [0.1, 0.15) is 25.7 Å². The lowest BCUT2D eigenvalue weighted by molar-refractivity contribution is -0.142. The van der Waals surface area contributed by atoms with E-state index in [1.165, 1.54) is 0 Å². The first-order valence-corrected chi connectivity index (χ1v) is 4.67. The third-order valence-electron chi connectivity index (χ3n) is 3.30. The lowest BCUT2D eigenvalue weighted by Crippen LogP contribution is -2.30. The van der Waals surface area contributed by atoms with Gasteiger partial charge in [-0.1, -0.05) is 5.16 Å². The first kappa shape index (κ1) is 8.53. The quantitative estimate of drug-likeness (QED) is 0.476. The molecule has 2 atom stereocenters. The summed E-state index contributed by atoms with van der Waals surface area (Å²) in [6, 6.07) is 0. The summed E-state index contributed by atoms with van der Waals surface area (Å²) in [7, 11) is 0. The van der Waals surface area contributed by atoms with Gasteiger partial charge >= 0.3 is 5.97 Å². The van der Waals surface area contributed by atoms with Crippen LogP contribution >= 0.6 is 0 Å². The molecule has 2 N–H and O–H groups in total. The fourth-order valence-electron chi connectivity index (χ4n) is 2.66. The molecule has 0 saturated heterocycles. The summed E-state index contributed by atoms with van der Waals surface area (Å²) in [5, 5.41) is 20.9. The molecular weight excluding hydrogens is 170 g/mol. The molecule has 0 unspecified atom stereocenters. The van der Waals surface area contributed by atoms with Crippen molar-refractivity contribution in [1.82, 2.24) is 0 Å². The Morgan fingerprint density at radius 3 is 2.23 bits per heavy atom. The maximum Gasteiger partial charge on any atom is 0.306 e. The summed E-state index contributed by atoms with van der Waals surface area (Å²) < 4.78 is 0. The number of oxime groups is 1. The van der Waals surface area contributed by atoms with Crippen LogP contribution in [0.4, 0.5) is 0 Å². The monoisotopic (exact) mass is 183 g/mol. The molecule has 0 amide bonds. The van der Waals surface area contributed by atoms with E-state index in [1.54, 1.807) is 0 Å². The van der Waals surface area contributed by atoms with Gasteiger partial charge < -0.3 is 10.3 Å². The van der Waals surface area contributed by atoms with Crippen LogP contribution in [0.15, 0.2) is 5.16 Å². The Bertz CT molecular complexity index is 246. The molecule has 0 aliphatic heterocycles. The fourth-order valence-corrected chi connectivity index (χ4v) is 2.66. The van der Waals surface area contributed by atoms with E-state index in [1.807, 2.05) is 0 Å². The van der Waals surface area contributed by atoms with Gasteiger partial charge in [0.25, 0.3) is 0 Å². The number of rotatable bonds is 1. The first-order chi connectivity index (χ1) is 6.22. The van der Waals surface area contributed by atoms with E-state index >= 15 is 0 Å². The SMILES string of the molecule is O=C(O)C1C[C@H]2CC[C@H](C1)C2=NO. The average Bonchev–Trinajstić information content (AvgIpc) is 2.34. The molecule has 0 heterocycles. The number of carbonyl (C=O) groups is 1. The van der Waals surface area contributed by atoms with Gasteiger partial charge in [0.1, 0.15) is 0 Å². The zero-order valence-electron chi connectivity index (χ0n) is 7.31. The van der Waals surface area contributed by atoms with Gasteiger partial charge in [-0.3, -0.25) is 4.79 Å². The number of aliphatic carboxylic acids is 1. The second-order valence-corrected chi connectivity index (χ2v) is 4.00. The molecule has 2 aliphatic rings. The van der Waals surface area contributed by atoms with E-state index in [2.05, 4.69) is 5.16 Å². The van der Waals surface area contributed by atoms with E-state index in [-0.39, 0.29) is 17.8 Å². The summed E-state index contributed by atoms with van der Waals surface area (Å²) in [6.45, 7) is 0. The van der Waals surface area contributed by atoms with Crippen LogP contribution in [0.5, 0.6) is 0 Å². The highest BCUT2D eigenvalue weighted by atomic mass is 16.4. The van der Waals surface area contributed by atoms with Gasteiger partial charge in [0, 0.05) is 11.8 Å². The third-order valence-corrected chi connectivity index (χ3v) is 3.30. The van der Waals surface area contributed by atoms with Crippen molar-refractivity contribution in [3.63, 3.8) is 0 Å². The van der Waals surface area contributed by atoms with Crippen LogP contribution in [0.3, 0.4) is 0 Å². The summed E-state index contributed by atoms with van der Waals surface area (Å²) >= 11 is 0. The van der Waals surface area contributed by atoms with Gasteiger partial charge in [-0.25, -0.2) is 0 Å². The van der Waals surface area contributed by atoms with E-state index in [4.69, 9.17) is 10.3 Å². The lowest BCUT2D eigenvalue weighted by Gasteiger charge is -2.25. The van der Waals surface area contributed by atoms with Gasteiger partial charge in [0.2, 0.25) is 0 Å². The standard InChI is InChI=1S/C9H13NO3/c11-9(12)7-3-5-1-2-6(4-7)8(5)10-13/h5-7,13H,1-4H2,(H,11,12)/t5-,6-,7?/m1/s1. The summed E-state index contributed by atoms with van der Waals surface area (Å²) in [5.74, 6) is -0.466. The van der Waals surface area contributed by atoms with Gasteiger partial charge in [-0.05, 0) is 25.7 Å². The maximum absolute atomic E-state index is 10.8. The topological polar surface area (TPSA) is 69.9 Å². The Labute approximate surface area is 76.2 Å². The van der Waals surface area contributed by atoms with Crippen molar-refractivity contribution in [2.24, 2.45) is 22.9 Å². The molecule has 72 valence electrons. The molecule has 2 fully saturated rings. The van der Waals surface area contributed by atoms with Crippen molar-refractivity contribution in [1.29, 1.82) is 0 Å². The average molecular weight is 183 g/mol. The maximum atomic E-state index is 10.8. The smallest absolute Gasteiger partial charge is 0.306 e. The predicted octanol–water partition coefficient (Wildman–Crippen LogP) is 1.34. The minimum absolute atomic E-state index is 0.219. The van der Waals surface area contributed by atoms with E-state index in [0.717, 1.165) is 18.6 Å². The molecule has 2 saturated carbocycles. The predicted molar refractivity (Wildman–Crippen MR) is 45.8 cm³/mol. The molecule has 0 aromatic heterocycles. The van der Waals surface area contributed by atoms with Crippen molar-refractivity contribution in [2.75, 3.05) is 0 Å². The van der Waals surface area contributed by atoms with Gasteiger partial charge in [-0.2, -0.15) is 0 Å². The van der Waals surface area contributed by atoms with Crippen LogP contribution in [0.25, 0.3) is 0 Å². The van der Waals surface area contributed by atoms with Crippen molar-refractivity contribution in [3.05, 3.63) is 0 Å². The number of hydrogen-bond acceptors (Lipinski definition) is 3. The number of fused-ring (bicyclic) bond motifs is 2. The van der Waals surface area contributed by atoms with Gasteiger partial charge in [0.15, 0.2) is 0 Å². The Hall–Kier alpha value is -1.06. The van der Waals surface area contributed by atoms with Crippen molar-refractivity contribution >= 4 is 11.7 Å². The first-order valence-electron chi connectivity index (χ1n) is 4.67. The minimum Gasteiger partial charge on any atom is -0.481 e. The number of nitrogens with zero attached hydrogens (tertiary/aromatic N) is 1. The second kappa shape index (κ2) is 3.01. The highest BCUT2D eigenvalue weighted by Gasteiger charge is 2.42. The molecule has 0 aromatic carbocycles. The molecule has 4 heteroatoms. The van der Waals surface area contributed by atoms with Crippen molar-refractivity contribution in [3.8, 4) is 0 Å². The molecule has 4 nitrogen and oxygen atoms in total.